The van der Waals surface area contributed by atoms with E-state index in [1.54, 1.807) is 0 Å². The number of aryl methyl sites for hydroxylation is 2. The molecule has 1 heterocycles. The lowest BCUT2D eigenvalue weighted by atomic mass is 9.85. The van der Waals surface area contributed by atoms with Gasteiger partial charge < -0.3 is 14.9 Å². The van der Waals surface area contributed by atoms with Crippen LogP contribution in [0.25, 0.3) is 0 Å². The van der Waals surface area contributed by atoms with Gasteiger partial charge in [0.05, 0.1) is 5.92 Å². The van der Waals surface area contributed by atoms with E-state index in [4.69, 9.17) is 14.9 Å². The Morgan fingerprint density at radius 2 is 1.34 bits per heavy atom. The Hall–Kier alpha value is -3.45. The third-order valence-electron chi connectivity index (χ3n) is 6.60. The van der Waals surface area contributed by atoms with Crippen LogP contribution in [0, 0.1) is 19.8 Å². The smallest absolute Gasteiger partial charge is 0.328 e. The van der Waals surface area contributed by atoms with Crippen LogP contribution in [0.5, 0.6) is 0 Å². The molecular formula is C28H33NO6. The minimum absolute atomic E-state index is 0.0460. The summed E-state index contributed by atoms with van der Waals surface area (Å²) in [5, 5.41) is 15.6. The summed E-state index contributed by atoms with van der Waals surface area (Å²) in [6, 6.07) is 17.2. The van der Waals surface area contributed by atoms with Crippen molar-refractivity contribution in [2.24, 2.45) is 5.92 Å². The van der Waals surface area contributed by atoms with Crippen LogP contribution in [-0.2, 0) is 24.5 Å². The van der Waals surface area contributed by atoms with Crippen LogP contribution in [0.3, 0.4) is 0 Å². The number of carboxylic acid groups (broad SMARTS) is 2. The molecule has 186 valence electrons. The van der Waals surface area contributed by atoms with Gasteiger partial charge in [0.15, 0.2) is 0 Å². The molecule has 2 aromatic rings. The van der Waals surface area contributed by atoms with Crippen molar-refractivity contribution < 1.29 is 29.3 Å². The van der Waals surface area contributed by atoms with Crippen molar-refractivity contribution in [3.05, 3.63) is 82.9 Å². The fraction of sp³-hybridized carbons (Fsp3) is 0.393. The van der Waals surface area contributed by atoms with E-state index in [1.807, 2.05) is 0 Å². The van der Waals surface area contributed by atoms with E-state index in [2.05, 4.69) is 67.3 Å². The molecule has 1 unspecified atom stereocenters. The van der Waals surface area contributed by atoms with Crippen molar-refractivity contribution in [3.8, 4) is 0 Å². The number of esters is 1. The van der Waals surface area contributed by atoms with Gasteiger partial charge in [-0.3, -0.25) is 9.69 Å². The Kier molecular flexibility index (Phi) is 8.82. The lowest BCUT2D eigenvalue weighted by Gasteiger charge is -2.20. The maximum absolute atomic E-state index is 12.8. The molecule has 4 rings (SSSR count). The van der Waals surface area contributed by atoms with Crippen LogP contribution in [0.2, 0.25) is 0 Å². The van der Waals surface area contributed by atoms with Gasteiger partial charge in [0.2, 0.25) is 0 Å². The highest BCUT2D eigenvalue weighted by molar-refractivity contribution is 5.89. The molecular weight excluding hydrogens is 446 g/mol. The van der Waals surface area contributed by atoms with Gasteiger partial charge in [-0.05, 0) is 57.3 Å². The summed E-state index contributed by atoms with van der Waals surface area (Å²) in [7, 11) is 0. The Morgan fingerprint density at radius 3 is 1.77 bits per heavy atom. The van der Waals surface area contributed by atoms with Crippen molar-refractivity contribution in [3.63, 3.8) is 0 Å². The van der Waals surface area contributed by atoms with E-state index in [-0.39, 0.29) is 17.3 Å². The van der Waals surface area contributed by atoms with Gasteiger partial charge >= 0.3 is 17.9 Å². The molecule has 1 saturated carbocycles. The summed E-state index contributed by atoms with van der Waals surface area (Å²) >= 11 is 0. The molecule has 1 atom stereocenters. The summed E-state index contributed by atoms with van der Waals surface area (Å²) in [5.74, 6) is -2.64. The normalized spacial score (nSPS) is 18.5. The van der Waals surface area contributed by atoms with Gasteiger partial charge in [0.1, 0.15) is 6.61 Å². The van der Waals surface area contributed by atoms with Crippen LogP contribution >= 0.6 is 0 Å². The third kappa shape index (κ3) is 7.02. The number of hydrogen-bond donors (Lipinski definition) is 2. The second-order valence-electron chi connectivity index (χ2n) is 9.19. The van der Waals surface area contributed by atoms with E-state index in [0.29, 0.717) is 18.8 Å². The fourth-order valence-corrected chi connectivity index (χ4v) is 4.58. The number of carbonyl (C=O) groups excluding carboxylic acids is 1. The average molecular weight is 480 g/mol. The van der Waals surface area contributed by atoms with Gasteiger partial charge in [-0.25, -0.2) is 9.59 Å². The SMILES string of the molecule is Cc1ccc(C2(c3ccc(C)cc3)CC2C(=O)OCCN2CCCC2)cc1.O=C(O)C=CC(=O)O. The Morgan fingerprint density at radius 1 is 0.886 bits per heavy atom. The number of likely N-dealkylation sites (tertiary alicyclic amines) is 1. The van der Waals surface area contributed by atoms with Crippen LogP contribution < -0.4 is 0 Å². The average Bonchev–Trinajstić information content (AvgIpc) is 3.37. The fourth-order valence-electron chi connectivity index (χ4n) is 4.58. The van der Waals surface area contributed by atoms with Crippen molar-refractivity contribution in [1.29, 1.82) is 0 Å². The molecule has 0 amide bonds. The zero-order chi connectivity index (χ0) is 25.4. The molecule has 1 saturated heterocycles. The molecule has 7 nitrogen and oxygen atoms in total. The summed E-state index contributed by atoms with van der Waals surface area (Å²) in [4.78, 5) is 34.3. The van der Waals surface area contributed by atoms with Crippen LogP contribution in [0.15, 0.2) is 60.7 Å². The maximum Gasteiger partial charge on any atom is 0.328 e. The number of benzene rings is 2. The summed E-state index contributed by atoms with van der Waals surface area (Å²) < 4.78 is 5.69. The predicted octanol–water partition coefficient (Wildman–Crippen LogP) is 3.96. The van der Waals surface area contributed by atoms with Gasteiger partial charge in [-0.1, -0.05) is 59.7 Å². The van der Waals surface area contributed by atoms with E-state index in [9.17, 15) is 14.4 Å². The summed E-state index contributed by atoms with van der Waals surface area (Å²) in [6.07, 6.45) is 4.48. The lowest BCUT2D eigenvalue weighted by Crippen LogP contribution is -2.26. The van der Waals surface area contributed by atoms with E-state index in [1.165, 1.54) is 35.1 Å². The molecule has 7 heteroatoms. The molecule has 2 N–H and O–H groups in total. The highest BCUT2D eigenvalue weighted by Gasteiger charge is 2.61. The van der Waals surface area contributed by atoms with Crippen LogP contribution in [0.4, 0.5) is 0 Å². The molecule has 1 aliphatic carbocycles. The molecule has 1 aliphatic heterocycles. The third-order valence-corrected chi connectivity index (χ3v) is 6.60. The molecule has 0 spiro atoms. The van der Waals surface area contributed by atoms with Crippen LogP contribution in [0.1, 0.15) is 41.5 Å². The molecule has 2 aromatic carbocycles. The number of rotatable bonds is 8. The molecule has 2 fully saturated rings. The topological polar surface area (TPSA) is 104 Å². The summed E-state index contributed by atoms with van der Waals surface area (Å²) in [6.45, 7) is 7.84. The highest BCUT2D eigenvalue weighted by Crippen LogP contribution is 2.59. The van der Waals surface area contributed by atoms with Crippen LogP contribution in [-0.4, -0.2) is 59.3 Å². The number of nitrogens with zero attached hydrogens (tertiary/aromatic N) is 1. The number of hydrogen-bond acceptors (Lipinski definition) is 5. The van der Waals surface area contributed by atoms with Crippen molar-refractivity contribution in [2.45, 2.75) is 38.5 Å². The quantitative estimate of drug-likeness (QED) is 0.436. The first kappa shape index (κ1) is 26.2. The van der Waals surface area contributed by atoms with E-state index >= 15 is 0 Å². The predicted molar refractivity (Wildman–Crippen MR) is 132 cm³/mol. The first-order chi connectivity index (χ1) is 16.7. The zero-order valence-electron chi connectivity index (χ0n) is 20.3. The Balaban J connectivity index is 0.000000371. The molecule has 2 aliphatic rings. The first-order valence-corrected chi connectivity index (χ1v) is 11.9. The minimum Gasteiger partial charge on any atom is -0.478 e. The highest BCUT2D eigenvalue weighted by atomic mass is 16.5. The second-order valence-corrected chi connectivity index (χ2v) is 9.19. The Labute approximate surface area is 206 Å². The molecule has 0 bridgehead atoms. The van der Waals surface area contributed by atoms with Gasteiger partial charge in [-0.2, -0.15) is 0 Å². The van der Waals surface area contributed by atoms with Crippen molar-refractivity contribution in [1.82, 2.24) is 4.90 Å². The Bertz CT molecular complexity index is 990. The zero-order valence-corrected chi connectivity index (χ0v) is 20.3. The number of carbonyl (C=O) groups is 3. The van der Waals surface area contributed by atoms with Gasteiger partial charge in [-0.15, -0.1) is 0 Å². The maximum atomic E-state index is 12.8. The van der Waals surface area contributed by atoms with E-state index in [0.717, 1.165) is 26.1 Å². The van der Waals surface area contributed by atoms with Gasteiger partial charge in [0, 0.05) is 24.1 Å². The monoisotopic (exact) mass is 479 g/mol. The molecule has 0 aromatic heterocycles. The molecule has 35 heavy (non-hydrogen) atoms. The number of carboxylic acids is 2. The molecule has 0 radical (unpaired) electrons. The van der Waals surface area contributed by atoms with E-state index < -0.39 is 11.9 Å². The largest absolute Gasteiger partial charge is 0.478 e. The summed E-state index contributed by atoms with van der Waals surface area (Å²) in [5.41, 5.74) is 4.69. The van der Waals surface area contributed by atoms with Crippen molar-refractivity contribution in [2.75, 3.05) is 26.2 Å². The standard InChI is InChI=1S/C24H29NO2.C4H4O4/c1-18-5-9-20(10-6-18)24(21-11-7-19(2)8-12-21)17-22(24)23(26)27-16-15-25-13-3-4-14-25;5-3(6)1-2-4(7)8/h5-12,22H,3-4,13-17H2,1-2H3;1-2H,(H,5,6)(H,7,8). The lowest BCUT2D eigenvalue weighted by molar-refractivity contribution is -0.146. The second kappa shape index (κ2) is 11.8. The number of aliphatic carboxylic acids is 2. The van der Waals surface area contributed by atoms with Gasteiger partial charge in [0.25, 0.3) is 0 Å². The minimum atomic E-state index is -1.26. The number of ether oxygens (including phenoxy) is 1. The first-order valence-electron chi connectivity index (χ1n) is 11.9. The van der Waals surface area contributed by atoms with Crippen molar-refractivity contribution >= 4 is 17.9 Å².